The Kier molecular flexibility index (Phi) is 4.51. The summed E-state index contributed by atoms with van der Waals surface area (Å²) < 4.78 is 13.2. The van der Waals surface area contributed by atoms with E-state index in [1.54, 1.807) is 12.1 Å². The smallest absolute Gasteiger partial charge is 0.255 e. The van der Waals surface area contributed by atoms with Crippen molar-refractivity contribution in [3.05, 3.63) is 58.1 Å². The van der Waals surface area contributed by atoms with Gasteiger partial charge in [0.2, 0.25) is 0 Å². The van der Waals surface area contributed by atoms with Gasteiger partial charge in [0.05, 0.1) is 5.56 Å². The van der Waals surface area contributed by atoms with Gasteiger partial charge in [-0.15, -0.1) is 0 Å². The molecule has 0 saturated carbocycles. The van der Waals surface area contributed by atoms with Gasteiger partial charge in [-0.05, 0) is 36.8 Å². The maximum atomic E-state index is 13.2. The van der Waals surface area contributed by atoms with Crippen LogP contribution in [0.1, 0.15) is 28.5 Å². The van der Waals surface area contributed by atoms with Crippen molar-refractivity contribution in [1.82, 2.24) is 4.98 Å². The first kappa shape index (κ1) is 14.9. The van der Waals surface area contributed by atoms with Gasteiger partial charge in [-0.1, -0.05) is 18.5 Å². The number of aryl methyl sites for hydroxylation is 1. The number of pyridine rings is 1. The molecule has 1 aromatic heterocycles. The summed E-state index contributed by atoms with van der Waals surface area (Å²) in [5.41, 5.74) is 1.26. The summed E-state index contributed by atoms with van der Waals surface area (Å²) in [5, 5.41) is 11.6. The number of hydrogen-bond acceptors (Lipinski definition) is 3. The molecule has 2 aromatic rings. The normalized spacial score (nSPS) is 10.0. The van der Waals surface area contributed by atoms with E-state index in [4.69, 9.17) is 16.9 Å². The predicted molar refractivity (Wildman–Crippen MR) is 77.7 cm³/mol. The van der Waals surface area contributed by atoms with Crippen molar-refractivity contribution in [1.29, 1.82) is 5.26 Å². The summed E-state index contributed by atoms with van der Waals surface area (Å²) in [7, 11) is 0. The molecular formula is C15H11ClFN3O. The molecule has 0 saturated heterocycles. The molecule has 0 atom stereocenters. The summed E-state index contributed by atoms with van der Waals surface area (Å²) in [6.45, 7) is 1.90. The van der Waals surface area contributed by atoms with Gasteiger partial charge in [-0.3, -0.25) is 4.79 Å². The van der Waals surface area contributed by atoms with Crippen molar-refractivity contribution < 1.29 is 9.18 Å². The Bertz CT molecular complexity index is 740. The summed E-state index contributed by atoms with van der Waals surface area (Å²) in [4.78, 5) is 16.2. The molecule has 1 amide bonds. The van der Waals surface area contributed by atoms with E-state index in [0.717, 1.165) is 6.07 Å². The summed E-state index contributed by atoms with van der Waals surface area (Å²) in [6.07, 6.45) is 0.649. The fourth-order valence-electron chi connectivity index (χ4n) is 1.76. The maximum Gasteiger partial charge on any atom is 0.255 e. The second-order valence-corrected chi connectivity index (χ2v) is 4.67. The Morgan fingerprint density at radius 3 is 2.86 bits per heavy atom. The van der Waals surface area contributed by atoms with E-state index in [0.29, 0.717) is 23.4 Å². The zero-order valence-corrected chi connectivity index (χ0v) is 11.9. The van der Waals surface area contributed by atoms with Crippen molar-refractivity contribution in [3.63, 3.8) is 0 Å². The molecule has 1 aromatic carbocycles. The van der Waals surface area contributed by atoms with Crippen LogP contribution in [0.3, 0.4) is 0 Å². The lowest BCUT2D eigenvalue weighted by Crippen LogP contribution is -2.13. The third-order valence-electron chi connectivity index (χ3n) is 2.82. The number of nitrogens with zero attached hydrogens (tertiary/aromatic N) is 2. The number of benzene rings is 1. The average molecular weight is 304 g/mol. The third-order valence-corrected chi connectivity index (χ3v) is 3.01. The van der Waals surface area contributed by atoms with Crippen molar-refractivity contribution >= 4 is 23.2 Å². The van der Waals surface area contributed by atoms with Crippen LogP contribution in [0.5, 0.6) is 0 Å². The quantitative estimate of drug-likeness (QED) is 0.882. The number of amides is 1. The van der Waals surface area contributed by atoms with E-state index in [2.05, 4.69) is 10.3 Å². The predicted octanol–water partition coefficient (Wildman–Crippen LogP) is 3.56. The Balaban J connectivity index is 2.26. The van der Waals surface area contributed by atoms with E-state index < -0.39 is 11.7 Å². The number of carbonyl (C=O) groups excluding carboxylic acids is 1. The molecule has 4 nitrogen and oxygen atoms in total. The Hall–Kier alpha value is -2.45. The highest BCUT2D eigenvalue weighted by atomic mass is 35.5. The topological polar surface area (TPSA) is 65.8 Å². The molecule has 0 aliphatic carbocycles. The molecule has 0 unspecified atom stereocenters. The van der Waals surface area contributed by atoms with Crippen LogP contribution in [-0.4, -0.2) is 10.9 Å². The minimum Gasteiger partial charge on any atom is -0.322 e. The van der Waals surface area contributed by atoms with Gasteiger partial charge in [0.25, 0.3) is 5.91 Å². The van der Waals surface area contributed by atoms with Crippen LogP contribution < -0.4 is 5.32 Å². The third kappa shape index (κ3) is 3.56. The number of nitriles is 1. The first-order chi connectivity index (χ1) is 10.0. The number of anilines is 1. The van der Waals surface area contributed by atoms with Crippen molar-refractivity contribution in [2.45, 2.75) is 13.3 Å². The monoisotopic (exact) mass is 303 g/mol. The zero-order valence-electron chi connectivity index (χ0n) is 11.2. The highest BCUT2D eigenvalue weighted by molar-refractivity contribution is 6.29. The summed E-state index contributed by atoms with van der Waals surface area (Å²) >= 11 is 5.86. The molecule has 1 N–H and O–H groups in total. The Morgan fingerprint density at radius 1 is 1.43 bits per heavy atom. The fraction of sp³-hybridized carbons (Fsp3) is 0.133. The van der Waals surface area contributed by atoms with E-state index in [1.165, 1.54) is 18.2 Å². The van der Waals surface area contributed by atoms with Crippen LogP contribution in [0, 0.1) is 17.1 Å². The molecule has 0 bridgehead atoms. The van der Waals surface area contributed by atoms with Crippen LogP contribution in [0.25, 0.3) is 0 Å². The van der Waals surface area contributed by atoms with Crippen molar-refractivity contribution in [2.75, 3.05) is 5.32 Å². The minimum absolute atomic E-state index is 0.130. The number of hydrogen-bond donors (Lipinski definition) is 1. The van der Waals surface area contributed by atoms with Gasteiger partial charge >= 0.3 is 0 Å². The molecule has 0 fully saturated rings. The second kappa shape index (κ2) is 6.33. The average Bonchev–Trinajstić information content (AvgIpc) is 2.48. The Morgan fingerprint density at radius 2 is 2.19 bits per heavy atom. The second-order valence-electron chi connectivity index (χ2n) is 4.28. The van der Waals surface area contributed by atoms with Crippen LogP contribution in [0.15, 0.2) is 30.3 Å². The van der Waals surface area contributed by atoms with E-state index in [-0.39, 0.29) is 10.7 Å². The van der Waals surface area contributed by atoms with Gasteiger partial charge in [0, 0.05) is 16.9 Å². The van der Waals surface area contributed by atoms with Gasteiger partial charge in [0.1, 0.15) is 17.0 Å². The lowest BCUT2D eigenvalue weighted by molar-refractivity contribution is 0.102. The van der Waals surface area contributed by atoms with Crippen molar-refractivity contribution in [3.8, 4) is 6.07 Å². The molecule has 2 rings (SSSR count). The van der Waals surface area contributed by atoms with E-state index in [9.17, 15) is 9.18 Å². The highest BCUT2D eigenvalue weighted by Crippen LogP contribution is 2.17. The highest BCUT2D eigenvalue weighted by Gasteiger charge is 2.10. The number of aromatic nitrogens is 1. The SMILES string of the molecule is CCc1cc(C(=O)Nc2ccc(F)c(C#N)c2)cc(Cl)n1. The molecule has 0 radical (unpaired) electrons. The van der Waals surface area contributed by atoms with Gasteiger partial charge in [-0.2, -0.15) is 5.26 Å². The van der Waals surface area contributed by atoms with E-state index in [1.807, 2.05) is 6.92 Å². The lowest BCUT2D eigenvalue weighted by atomic mass is 10.1. The molecule has 6 heteroatoms. The van der Waals surface area contributed by atoms with Gasteiger partial charge in [0.15, 0.2) is 0 Å². The summed E-state index contributed by atoms with van der Waals surface area (Å²) in [5.74, 6) is -1.03. The maximum absolute atomic E-state index is 13.2. The number of nitrogens with one attached hydrogen (secondary N) is 1. The molecular weight excluding hydrogens is 293 g/mol. The molecule has 0 aliphatic rings. The zero-order chi connectivity index (χ0) is 15.4. The number of rotatable bonds is 3. The lowest BCUT2D eigenvalue weighted by Gasteiger charge is -2.07. The first-order valence-electron chi connectivity index (χ1n) is 6.21. The fourth-order valence-corrected chi connectivity index (χ4v) is 1.98. The Labute approximate surface area is 126 Å². The number of carbonyl (C=O) groups is 1. The molecule has 106 valence electrons. The molecule has 0 aliphatic heterocycles. The van der Waals surface area contributed by atoms with Crippen LogP contribution in [-0.2, 0) is 6.42 Å². The first-order valence-corrected chi connectivity index (χ1v) is 6.58. The largest absolute Gasteiger partial charge is 0.322 e. The van der Waals surface area contributed by atoms with Crippen LogP contribution in [0.4, 0.5) is 10.1 Å². The van der Waals surface area contributed by atoms with Crippen LogP contribution >= 0.6 is 11.6 Å². The molecule has 1 heterocycles. The van der Waals surface area contributed by atoms with Crippen LogP contribution in [0.2, 0.25) is 5.15 Å². The van der Waals surface area contributed by atoms with Crippen molar-refractivity contribution in [2.24, 2.45) is 0 Å². The van der Waals surface area contributed by atoms with Gasteiger partial charge in [-0.25, -0.2) is 9.37 Å². The summed E-state index contributed by atoms with van der Waals surface area (Å²) in [6, 6.07) is 8.59. The molecule has 0 spiro atoms. The number of halogens is 2. The van der Waals surface area contributed by atoms with E-state index >= 15 is 0 Å². The van der Waals surface area contributed by atoms with Gasteiger partial charge < -0.3 is 5.32 Å². The standard InChI is InChI=1S/C15H11ClFN3O/c1-2-11-5-9(7-14(16)19-11)15(21)20-12-3-4-13(17)10(6-12)8-18/h3-7H,2H2,1H3,(H,20,21). The minimum atomic E-state index is -0.629. The molecule has 21 heavy (non-hydrogen) atoms.